The number of hydrogen-bond acceptors (Lipinski definition) is 2. The average Bonchev–Trinajstić information content (AvgIpc) is 2.56. The van der Waals surface area contributed by atoms with Crippen LogP contribution in [0.15, 0.2) is 18.5 Å². The number of aromatic amines is 1. The molecule has 3 heteroatoms. The van der Waals surface area contributed by atoms with Crippen molar-refractivity contribution in [2.45, 2.75) is 19.3 Å². The van der Waals surface area contributed by atoms with Crippen LogP contribution in [0.25, 0.3) is 0 Å². The van der Waals surface area contributed by atoms with Crippen LogP contribution in [0.4, 0.5) is 0 Å². The van der Waals surface area contributed by atoms with E-state index in [-0.39, 0.29) is 12.0 Å². The second-order valence-electron chi connectivity index (χ2n) is 3.88. The molecule has 0 aliphatic heterocycles. The molecule has 1 heterocycles. The molecule has 0 radical (unpaired) electrons. The maximum Gasteiger partial charge on any atom is 0.0555 e. The second kappa shape index (κ2) is 4.44. The summed E-state index contributed by atoms with van der Waals surface area (Å²) >= 11 is 0. The van der Waals surface area contributed by atoms with Crippen molar-refractivity contribution in [1.82, 2.24) is 10.3 Å². The normalized spacial score (nSPS) is 11.9. The minimum absolute atomic E-state index is 0.120. The van der Waals surface area contributed by atoms with Gasteiger partial charge in [-0.1, -0.05) is 13.8 Å². The minimum atomic E-state index is 0.120. The van der Waals surface area contributed by atoms with Gasteiger partial charge in [0, 0.05) is 30.9 Å². The summed E-state index contributed by atoms with van der Waals surface area (Å²) in [5, 5.41) is 11.8. The molecule has 13 heavy (non-hydrogen) atoms. The van der Waals surface area contributed by atoms with Gasteiger partial charge in [-0.3, -0.25) is 0 Å². The molecule has 0 saturated heterocycles. The fraction of sp³-hybridized carbons (Fsp3) is 0.600. The molecule has 0 aliphatic carbocycles. The predicted octanol–water partition coefficient (Wildman–Crippen LogP) is 0.874. The Balaban J connectivity index is 2.46. The fourth-order valence-corrected chi connectivity index (χ4v) is 1.33. The third-order valence-corrected chi connectivity index (χ3v) is 2.23. The lowest BCUT2D eigenvalue weighted by Gasteiger charge is -2.23. The topological polar surface area (TPSA) is 48.0 Å². The van der Waals surface area contributed by atoms with Gasteiger partial charge in [0.15, 0.2) is 0 Å². The van der Waals surface area contributed by atoms with E-state index in [1.54, 1.807) is 0 Å². The maximum absolute atomic E-state index is 8.62. The van der Waals surface area contributed by atoms with Crippen LogP contribution in [0.2, 0.25) is 0 Å². The first-order chi connectivity index (χ1) is 6.17. The van der Waals surface area contributed by atoms with E-state index in [9.17, 15) is 0 Å². The van der Waals surface area contributed by atoms with Gasteiger partial charge in [-0.05, 0) is 11.6 Å². The minimum Gasteiger partial charge on any atom is -0.395 e. The molecule has 0 unspecified atom stereocenters. The van der Waals surface area contributed by atoms with E-state index in [4.69, 9.17) is 5.11 Å². The van der Waals surface area contributed by atoms with Crippen LogP contribution >= 0.6 is 0 Å². The summed E-state index contributed by atoms with van der Waals surface area (Å²) in [4.78, 5) is 3.05. The van der Waals surface area contributed by atoms with Crippen LogP contribution in [-0.4, -0.2) is 29.8 Å². The third-order valence-electron chi connectivity index (χ3n) is 2.23. The smallest absolute Gasteiger partial charge is 0.0555 e. The van der Waals surface area contributed by atoms with Crippen LogP contribution in [0.3, 0.4) is 0 Å². The van der Waals surface area contributed by atoms with Crippen molar-refractivity contribution >= 4 is 0 Å². The number of rotatable bonds is 5. The van der Waals surface area contributed by atoms with Crippen molar-refractivity contribution in [3.63, 3.8) is 0 Å². The number of hydrogen-bond donors (Lipinski definition) is 3. The third kappa shape index (κ3) is 2.86. The molecule has 0 fully saturated rings. The van der Waals surface area contributed by atoms with Gasteiger partial charge in [-0.15, -0.1) is 0 Å². The highest BCUT2D eigenvalue weighted by atomic mass is 16.3. The fourth-order valence-electron chi connectivity index (χ4n) is 1.33. The zero-order valence-corrected chi connectivity index (χ0v) is 8.30. The largest absolute Gasteiger partial charge is 0.395 e. The average molecular weight is 182 g/mol. The number of aliphatic hydroxyl groups is 1. The van der Waals surface area contributed by atoms with Crippen LogP contribution in [0.5, 0.6) is 0 Å². The van der Waals surface area contributed by atoms with Gasteiger partial charge in [0.05, 0.1) is 6.61 Å². The SMILES string of the molecule is CC(C)(CNCCO)c1cc[nH]c1. The highest BCUT2D eigenvalue weighted by Crippen LogP contribution is 2.21. The van der Waals surface area contributed by atoms with Gasteiger partial charge in [-0.2, -0.15) is 0 Å². The summed E-state index contributed by atoms with van der Waals surface area (Å²) in [6, 6.07) is 2.08. The first-order valence-corrected chi connectivity index (χ1v) is 4.61. The van der Waals surface area contributed by atoms with Gasteiger partial charge in [-0.25, -0.2) is 0 Å². The zero-order valence-electron chi connectivity index (χ0n) is 8.30. The van der Waals surface area contributed by atoms with Crippen molar-refractivity contribution in [1.29, 1.82) is 0 Å². The van der Waals surface area contributed by atoms with Crippen molar-refractivity contribution in [2.24, 2.45) is 0 Å². The van der Waals surface area contributed by atoms with Crippen molar-refractivity contribution in [3.05, 3.63) is 24.0 Å². The molecule has 0 bridgehead atoms. The molecular formula is C10H18N2O. The van der Waals surface area contributed by atoms with Crippen molar-refractivity contribution in [2.75, 3.05) is 19.7 Å². The Morgan fingerprint density at radius 1 is 1.54 bits per heavy atom. The van der Waals surface area contributed by atoms with Gasteiger partial charge in [0.25, 0.3) is 0 Å². The van der Waals surface area contributed by atoms with E-state index in [1.165, 1.54) is 5.56 Å². The summed E-state index contributed by atoms with van der Waals surface area (Å²) in [7, 11) is 0. The number of aliphatic hydroxyl groups excluding tert-OH is 1. The molecule has 3 N–H and O–H groups in total. The quantitative estimate of drug-likeness (QED) is 0.592. The standard InChI is InChI=1S/C10H18N2O/c1-10(2,8-12-5-6-13)9-3-4-11-7-9/h3-4,7,11-13H,5-6,8H2,1-2H3. The Bertz CT molecular complexity index is 229. The Morgan fingerprint density at radius 2 is 2.31 bits per heavy atom. The maximum atomic E-state index is 8.62. The highest BCUT2D eigenvalue weighted by molar-refractivity contribution is 5.20. The van der Waals surface area contributed by atoms with E-state index in [0.29, 0.717) is 6.54 Å². The van der Waals surface area contributed by atoms with Crippen LogP contribution < -0.4 is 5.32 Å². The molecule has 0 amide bonds. The van der Waals surface area contributed by atoms with E-state index in [1.807, 2.05) is 12.4 Å². The molecule has 1 aromatic rings. The van der Waals surface area contributed by atoms with Crippen molar-refractivity contribution < 1.29 is 5.11 Å². The van der Waals surface area contributed by atoms with Crippen LogP contribution in [-0.2, 0) is 5.41 Å². The summed E-state index contributed by atoms with van der Waals surface area (Å²) in [6.45, 7) is 6.10. The molecule has 1 aromatic heterocycles. The lowest BCUT2D eigenvalue weighted by Crippen LogP contribution is -2.34. The summed E-state index contributed by atoms with van der Waals surface area (Å²) in [6.07, 6.45) is 3.95. The number of H-pyrrole nitrogens is 1. The molecule has 1 rings (SSSR count). The van der Waals surface area contributed by atoms with Crippen LogP contribution in [0.1, 0.15) is 19.4 Å². The molecular weight excluding hydrogens is 164 g/mol. The molecule has 0 spiro atoms. The molecule has 0 aliphatic rings. The number of nitrogens with one attached hydrogen (secondary N) is 2. The van der Waals surface area contributed by atoms with Gasteiger partial charge >= 0.3 is 0 Å². The molecule has 0 saturated carbocycles. The lowest BCUT2D eigenvalue weighted by atomic mass is 9.86. The van der Waals surface area contributed by atoms with E-state index in [2.05, 4.69) is 30.2 Å². The molecule has 0 aromatic carbocycles. The molecule has 0 atom stereocenters. The van der Waals surface area contributed by atoms with Gasteiger partial charge < -0.3 is 15.4 Å². The Morgan fingerprint density at radius 3 is 2.85 bits per heavy atom. The Kier molecular flexibility index (Phi) is 3.51. The second-order valence-corrected chi connectivity index (χ2v) is 3.88. The Labute approximate surface area is 79.2 Å². The number of aromatic nitrogens is 1. The lowest BCUT2D eigenvalue weighted by molar-refractivity contribution is 0.286. The monoisotopic (exact) mass is 182 g/mol. The van der Waals surface area contributed by atoms with E-state index in [0.717, 1.165) is 6.54 Å². The van der Waals surface area contributed by atoms with Crippen LogP contribution in [0, 0.1) is 0 Å². The molecule has 74 valence electrons. The zero-order chi connectivity index (χ0) is 9.73. The summed E-state index contributed by atoms with van der Waals surface area (Å²) in [5.74, 6) is 0. The predicted molar refractivity (Wildman–Crippen MR) is 53.8 cm³/mol. The summed E-state index contributed by atoms with van der Waals surface area (Å²) < 4.78 is 0. The first-order valence-electron chi connectivity index (χ1n) is 4.61. The van der Waals surface area contributed by atoms with Gasteiger partial charge in [0.1, 0.15) is 0 Å². The Hall–Kier alpha value is -0.800. The summed E-state index contributed by atoms with van der Waals surface area (Å²) in [5.41, 5.74) is 1.41. The highest BCUT2D eigenvalue weighted by Gasteiger charge is 2.19. The first kappa shape index (κ1) is 10.3. The van der Waals surface area contributed by atoms with Crippen molar-refractivity contribution in [3.8, 4) is 0 Å². The van der Waals surface area contributed by atoms with Gasteiger partial charge in [0.2, 0.25) is 0 Å². The van der Waals surface area contributed by atoms with E-state index < -0.39 is 0 Å². The van der Waals surface area contributed by atoms with E-state index >= 15 is 0 Å². The molecule has 3 nitrogen and oxygen atoms in total.